The van der Waals surface area contributed by atoms with Gasteiger partial charge in [-0.25, -0.2) is 0 Å². The van der Waals surface area contributed by atoms with Gasteiger partial charge in [-0.2, -0.15) is 0 Å². The molecule has 6 nitrogen and oxygen atoms in total. The highest BCUT2D eigenvalue weighted by Gasteiger charge is 2.18. The molecule has 0 aromatic heterocycles. The van der Waals surface area contributed by atoms with Crippen LogP contribution < -0.4 is 15.4 Å². The average molecular weight is 377 g/mol. The lowest BCUT2D eigenvalue weighted by atomic mass is 10.1. The predicted molar refractivity (Wildman–Crippen MR) is 101 cm³/mol. The van der Waals surface area contributed by atoms with Crippen LogP contribution in [0.15, 0.2) is 48.5 Å². The van der Waals surface area contributed by atoms with Crippen LogP contribution in [-0.2, 0) is 9.53 Å². The third-order valence-electron chi connectivity index (χ3n) is 3.52. The molecule has 2 N–H and O–H groups in total. The van der Waals surface area contributed by atoms with Gasteiger partial charge in [-0.3, -0.25) is 9.59 Å². The third-order valence-corrected chi connectivity index (χ3v) is 3.77. The second kappa shape index (κ2) is 9.79. The van der Waals surface area contributed by atoms with Crippen molar-refractivity contribution in [1.29, 1.82) is 0 Å². The number of carbonyl (C=O) groups excluding carboxylic acids is 2. The Hall–Kier alpha value is -2.57. The maximum atomic E-state index is 12.4. The van der Waals surface area contributed by atoms with Crippen molar-refractivity contribution in [3.63, 3.8) is 0 Å². The van der Waals surface area contributed by atoms with Gasteiger partial charge in [0.1, 0.15) is 5.75 Å². The zero-order valence-corrected chi connectivity index (χ0v) is 15.4. The Morgan fingerprint density at radius 1 is 1.12 bits per heavy atom. The minimum atomic E-state index is -0.749. The summed E-state index contributed by atoms with van der Waals surface area (Å²) in [6, 6.07) is 13.5. The van der Waals surface area contributed by atoms with Crippen LogP contribution in [0, 0.1) is 0 Å². The molecular weight excluding hydrogens is 356 g/mol. The molecule has 0 aliphatic heterocycles. The molecule has 2 rings (SSSR count). The largest absolute Gasteiger partial charge is 0.481 e. The van der Waals surface area contributed by atoms with E-state index in [1.165, 1.54) is 0 Å². The van der Waals surface area contributed by atoms with Crippen molar-refractivity contribution < 1.29 is 19.1 Å². The minimum Gasteiger partial charge on any atom is -0.481 e. The van der Waals surface area contributed by atoms with Gasteiger partial charge in [-0.1, -0.05) is 23.7 Å². The average Bonchev–Trinajstić information content (AvgIpc) is 2.64. The van der Waals surface area contributed by atoms with Crippen LogP contribution in [0.25, 0.3) is 0 Å². The first-order valence-electron chi connectivity index (χ1n) is 8.10. The first-order valence-corrected chi connectivity index (χ1v) is 8.48. The zero-order valence-electron chi connectivity index (χ0n) is 14.6. The Kier molecular flexibility index (Phi) is 7.44. The molecule has 0 saturated carbocycles. The molecule has 2 aromatic carbocycles. The summed E-state index contributed by atoms with van der Waals surface area (Å²) in [7, 11) is 1.56. The fourth-order valence-electron chi connectivity index (χ4n) is 2.16. The third kappa shape index (κ3) is 5.75. The standard InChI is InChI=1S/C19H21ClN2O4/c1-13(26-15-9-7-14(20)8-10-15)18(23)22-17-6-4-3-5-16(17)19(24)21-11-12-25-2/h3-10,13H,11-12H2,1-2H3,(H,21,24)(H,22,23)/t13-/m1/s1. The topological polar surface area (TPSA) is 76.7 Å². The number of methoxy groups -OCH3 is 1. The molecule has 26 heavy (non-hydrogen) atoms. The van der Waals surface area contributed by atoms with Gasteiger partial charge < -0.3 is 20.1 Å². The number of nitrogens with one attached hydrogen (secondary N) is 2. The van der Waals surface area contributed by atoms with Gasteiger partial charge in [0, 0.05) is 18.7 Å². The fourth-order valence-corrected chi connectivity index (χ4v) is 2.28. The number of para-hydroxylation sites is 1. The predicted octanol–water partition coefficient (Wildman–Crippen LogP) is 3.12. The number of carbonyl (C=O) groups is 2. The number of amides is 2. The van der Waals surface area contributed by atoms with Crippen molar-refractivity contribution in [1.82, 2.24) is 5.32 Å². The molecule has 0 aliphatic rings. The van der Waals surface area contributed by atoms with Gasteiger partial charge in [0.2, 0.25) is 0 Å². The Morgan fingerprint density at radius 2 is 1.81 bits per heavy atom. The SMILES string of the molecule is COCCNC(=O)c1ccccc1NC(=O)[C@@H](C)Oc1ccc(Cl)cc1. The van der Waals surface area contributed by atoms with Crippen LogP contribution in [0.4, 0.5) is 5.69 Å². The van der Waals surface area contributed by atoms with E-state index in [0.29, 0.717) is 35.2 Å². The molecule has 7 heteroatoms. The second-order valence-electron chi connectivity index (χ2n) is 5.50. The summed E-state index contributed by atoms with van der Waals surface area (Å²) in [4.78, 5) is 24.7. The van der Waals surface area contributed by atoms with Gasteiger partial charge in [-0.15, -0.1) is 0 Å². The maximum absolute atomic E-state index is 12.4. The second-order valence-corrected chi connectivity index (χ2v) is 5.93. The van der Waals surface area contributed by atoms with Crippen molar-refractivity contribution in [2.24, 2.45) is 0 Å². The van der Waals surface area contributed by atoms with Crippen molar-refractivity contribution in [3.8, 4) is 5.75 Å². The Labute approximate surface area is 157 Å². The molecule has 2 aromatic rings. The highest BCUT2D eigenvalue weighted by atomic mass is 35.5. The lowest BCUT2D eigenvalue weighted by molar-refractivity contribution is -0.122. The summed E-state index contributed by atoms with van der Waals surface area (Å²) in [6.07, 6.45) is -0.749. The number of benzene rings is 2. The lowest BCUT2D eigenvalue weighted by Crippen LogP contribution is -2.32. The Morgan fingerprint density at radius 3 is 2.50 bits per heavy atom. The minimum absolute atomic E-state index is 0.288. The summed E-state index contributed by atoms with van der Waals surface area (Å²) in [5.41, 5.74) is 0.787. The van der Waals surface area contributed by atoms with Crippen LogP contribution in [0.2, 0.25) is 5.02 Å². The Balaban J connectivity index is 2.01. The fraction of sp³-hybridized carbons (Fsp3) is 0.263. The van der Waals surface area contributed by atoms with E-state index in [4.69, 9.17) is 21.1 Å². The van der Waals surface area contributed by atoms with Gasteiger partial charge in [0.15, 0.2) is 6.10 Å². The van der Waals surface area contributed by atoms with Crippen LogP contribution in [-0.4, -0.2) is 38.2 Å². The van der Waals surface area contributed by atoms with E-state index >= 15 is 0 Å². The normalized spacial score (nSPS) is 11.5. The molecule has 0 bridgehead atoms. The van der Waals surface area contributed by atoms with Crippen molar-refractivity contribution >= 4 is 29.1 Å². The van der Waals surface area contributed by atoms with Crippen molar-refractivity contribution in [3.05, 3.63) is 59.1 Å². The molecule has 138 valence electrons. The number of hydrogen-bond acceptors (Lipinski definition) is 4. The zero-order chi connectivity index (χ0) is 18.9. The molecule has 0 spiro atoms. The highest BCUT2D eigenvalue weighted by molar-refractivity contribution is 6.30. The van der Waals surface area contributed by atoms with E-state index in [9.17, 15) is 9.59 Å². The molecule has 0 saturated heterocycles. The number of ether oxygens (including phenoxy) is 2. The van der Waals surface area contributed by atoms with Crippen molar-refractivity contribution in [2.75, 3.05) is 25.6 Å². The number of halogens is 1. The summed E-state index contributed by atoms with van der Waals surface area (Å²) in [6.45, 7) is 2.42. The molecule has 0 aliphatic carbocycles. The molecule has 0 heterocycles. The molecular formula is C19H21ClN2O4. The first kappa shape index (κ1) is 19.8. The number of hydrogen-bond donors (Lipinski definition) is 2. The smallest absolute Gasteiger partial charge is 0.265 e. The first-order chi connectivity index (χ1) is 12.5. The van der Waals surface area contributed by atoms with E-state index in [1.807, 2.05) is 0 Å². The van der Waals surface area contributed by atoms with E-state index in [2.05, 4.69) is 10.6 Å². The summed E-state index contributed by atoms with van der Waals surface area (Å²) >= 11 is 5.83. The van der Waals surface area contributed by atoms with Crippen molar-refractivity contribution in [2.45, 2.75) is 13.0 Å². The maximum Gasteiger partial charge on any atom is 0.265 e. The summed E-state index contributed by atoms with van der Waals surface area (Å²) in [5.74, 6) is -0.121. The monoisotopic (exact) mass is 376 g/mol. The number of anilines is 1. The van der Waals surface area contributed by atoms with E-state index < -0.39 is 6.10 Å². The van der Waals surface area contributed by atoms with Gasteiger partial charge in [0.25, 0.3) is 11.8 Å². The van der Waals surface area contributed by atoms with Gasteiger partial charge in [-0.05, 0) is 43.3 Å². The van der Waals surface area contributed by atoms with Gasteiger partial charge in [0.05, 0.1) is 17.9 Å². The molecule has 0 fully saturated rings. The summed E-state index contributed by atoms with van der Waals surface area (Å²) in [5, 5.41) is 6.05. The molecule has 2 amide bonds. The van der Waals surface area contributed by atoms with Crippen LogP contribution in [0.5, 0.6) is 5.75 Å². The molecule has 0 unspecified atom stereocenters. The van der Waals surface area contributed by atoms with E-state index in [0.717, 1.165) is 0 Å². The molecule has 1 atom stereocenters. The number of rotatable bonds is 8. The van der Waals surface area contributed by atoms with Crippen LogP contribution >= 0.6 is 11.6 Å². The Bertz CT molecular complexity index is 749. The summed E-state index contributed by atoms with van der Waals surface area (Å²) < 4.78 is 10.5. The van der Waals surface area contributed by atoms with E-state index in [-0.39, 0.29) is 11.8 Å². The van der Waals surface area contributed by atoms with E-state index in [1.54, 1.807) is 62.6 Å². The van der Waals surface area contributed by atoms with Gasteiger partial charge >= 0.3 is 0 Å². The quantitative estimate of drug-likeness (QED) is 0.694. The highest BCUT2D eigenvalue weighted by Crippen LogP contribution is 2.19. The lowest BCUT2D eigenvalue weighted by Gasteiger charge is -2.16. The molecule has 0 radical (unpaired) electrons. The van der Waals surface area contributed by atoms with Crippen LogP contribution in [0.3, 0.4) is 0 Å². The van der Waals surface area contributed by atoms with Crippen LogP contribution in [0.1, 0.15) is 17.3 Å².